The van der Waals surface area contributed by atoms with Gasteiger partial charge in [0.2, 0.25) is 5.88 Å². The Morgan fingerprint density at radius 1 is 1.39 bits per heavy atom. The lowest BCUT2D eigenvalue weighted by atomic mass is 10.3. The first-order valence-electron chi connectivity index (χ1n) is 5.27. The average molecular weight is 267 g/mol. The second-order valence-electron chi connectivity index (χ2n) is 3.67. The van der Waals surface area contributed by atoms with Gasteiger partial charge in [0.05, 0.1) is 5.69 Å². The SMILES string of the molecule is CC(Oc1ccn(-c2ccc(Cl)cc2)n1)C(=O)O. The zero-order chi connectivity index (χ0) is 13.1. The highest BCUT2D eigenvalue weighted by Gasteiger charge is 2.14. The third-order valence-electron chi connectivity index (χ3n) is 2.30. The fourth-order valence-electron chi connectivity index (χ4n) is 1.34. The van der Waals surface area contributed by atoms with Crippen LogP contribution in [0.25, 0.3) is 5.69 Å². The van der Waals surface area contributed by atoms with Crippen molar-refractivity contribution in [1.82, 2.24) is 9.78 Å². The number of hydrogen-bond acceptors (Lipinski definition) is 3. The lowest BCUT2D eigenvalue weighted by Crippen LogP contribution is -2.23. The number of carbonyl (C=O) groups is 1. The minimum absolute atomic E-state index is 0.264. The van der Waals surface area contributed by atoms with Crippen molar-refractivity contribution in [2.24, 2.45) is 0 Å². The van der Waals surface area contributed by atoms with Gasteiger partial charge in [-0.15, -0.1) is 5.10 Å². The predicted octanol–water partition coefficient (Wildman–Crippen LogP) is 2.38. The summed E-state index contributed by atoms with van der Waals surface area (Å²) in [7, 11) is 0. The van der Waals surface area contributed by atoms with Crippen molar-refractivity contribution in [2.75, 3.05) is 0 Å². The molecule has 18 heavy (non-hydrogen) atoms. The first kappa shape index (κ1) is 12.4. The highest BCUT2D eigenvalue weighted by atomic mass is 35.5. The lowest BCUT2D eigenvalue weighted by Gasteiger charge is -2.06. The summed E-state index contributed by atoms with van der Waals surface area (Å²) in [4.78, 5) is 10.6. The molecule has 0 amide bonds. The molecule has 2 aromatic rings. The Morgan fingerprint density at radius 2 is 2.06 bits per heavy atom. The molecule has 0 spiro atoms. The lowest BCUT2D eigenvalue weighted by molar-refractivity contribution is -0.144. The van der Waals surface area contributed by atoms with E-state index >= 15 is 0 Å². The standard InChI is InChI=1S/C12H11ClN2O3/c1-8(12(16)17)18-11-6-7-15(14-11)10-4-2-9(13)3-5-10/h2-8H,1H3,(H,16,17). The van der Waals surface area contributed by atoms with Gasteiger partial charge in [-0.1, -0.05) is 11.6 Å². The molecule has 94 valence electrons. The maximum Gasteiger partial charge on any atom is 0.344 e. The van der Waals surface area contributed by atoms with Gasteiger partial charge in [-0.2, -0.15) is 0 Å². The van der Waals surface area contributed by atoms with Crippen LogP contribution in [0.3, 0.4) is 0 Å². The molecule has 1 aromatic carbocycles. The van der Waals surface area contributed by atoms with Crippen molar-refractivity contribution in [3.05, 3.63) is 41.6 Å². The molecule has 1 atom stereocenters. The zero-order valence-electron chi connectivity index (χ0n) is 9.58. The number of aromatic nitrogens is 2. The fraction of sp³-hybridized carbons (Fsp3) is 0.167. The molecule has 0 aliphatic carbocycles. The number of carboxylic acids is 1. The van der Waals surface area contributed by atoms with Crippen LogP contribution in [0, 0.1) is 0 Å². The van der Waals surface area contributed by atoms with Gasteiger partial charge < -0.3 is 9.84 Å². The molecule has 0 radical (unpaired) electrons. The molecule has 0 aliphatic rings. The van der Waals surface area contributed by atoms with Crippen LogP contribution in [0.5, 0.6) is 5.88 Å². The average Bonchev–Trinajstić information content (AvgIpc) is 2.78. The molecule has 2 rings (SSSR count). The smallest absolute Gasteiger partial charge is 0.344 e. The third kappa shape index (κ3) is 2.81. The molecule has 1 aromatic heterocycles. The van der Waals surface area contributed by atoms with E-state index in [0.717, 1.165) is 5.69 Å². The van der Waals surface area contributed by atoms with Gasteiger partial charge in [0.1, 0.15) is 0 Å². The van der Waals surface area contributed by atoms with Crippen LogP contribution in [0.15, 0.2) is 36.5 Å². The summed E-state index contributed by atoms with van der Waals surface area (Å²) in [5.74, 6) is -0.768. The summed E-state index contributed by atoms with van der Waals surface area (Å²) in [6, 6.07) is 8.71. The Bertz CT molecular complexity index is 551. The number of rotatable bonds is 4. The molecule has 6 heteroatoms. The van der Waals surface area contributed by atoms with Crippen molar-refractivity contribution in [2.45, 2.75) is 13.0 Å². The molecule has 0 saturated carbocycles. The molecule has 0 bridgehead atoms. The minimum Gasteiger partial charge on any atom is -0.479 e. The van der Waals surface area contributed by atoms with Gasteiger partial charge in [-0.25, -0.2) is 9.48 Å². The van der Waals surface area contributed by atoms with Crippen LogP contribution in [-0.4, -0.2) is 27.0 Å². The molecule has 5 nitrogen and oxygen atoms in total. The molecular weight excluding hydrogens is 256 g/mol. The molecule has 0 aliphatic heterocycles. The number of carboxylic acid groups (broad SMARTS) is 1. The molecule has 1 heterocycles. The van der Waals surface area contributed by atoms with Crippen molar-refractivity contribution in [3.63, 3.8) is 0 Å². The summed E-state index contributed by atoms with van der Waals surface area (Å²) in [5.41, 5.74) is 0.817. The summed E-state index contributed by atoms with van der Waals surface area (Å²) >= 11 is 5.79. The zero-order valence-corrected chi connectivity index (χ0v) is 10.3. The monoisotopic (exact) mass is 266 g/mol. The summed E-state index contributed by atoms with van der Waals surface area (Å²) in [6.45, 7) is 1.45. The van der Waals surface area contributed by atoms with Gasteiger partial charge in [0.15, 0.2) is 6.10 Å². The van der Waals surface area contributed by atoms with E-state index in [1.165, 1.54) is 6.92 Å². The van der Waals surface area contributed by atoms with E-state index in [1.54, 1.807) is 41.2 Å². The van der Waals surface area contributed by atoms with Crippen LogP contribution in [0.1, 0.15) is 6.92 Å². The van der Waals surface area contributed by atoms with E-state index in [4.69, 9.17) is 21.4 Å². The molecular formula is C12H11ClN2O3. The maximum absolute atomic E-state index is 10.6. The Hall–Kier alpha value is -2.01. The van der Waals surface area contributed by atoms with Crippen LogP contribution in [0.4, 0.5) is 0 Å². The summed E-state index contributed by atoms with van der Waals surface area (Å²) < 4.78 is 6.73. The third-order valence-corrected chi connectivity index (χ3v) is 2.55. The van der Waals surface area contributed by atoms with Gasteiger partial charge in [-0.3, -0.25) is 0 Å². The van der Waals surface area contributed by atoms with Gasteiger partial charge >= 0.3 is 5.97 Å². The van der Waals surface area contributed by atoms with E-state index in [0.29, 0.717) is 5.02 Å². The van der Waals surface area contributed by atoms with Crippen LogP contribution in [0.2, 0.25) is 5.02 Å². The number of nitrogens with zero attached hydrogens (tertiary/aromatic N) is 2. The molecule has 1 N–H and O–H groups in total. The molecule has 0 saturated heterocycles. The first-order chi connectivity index (χ1) is 8.56. The topological polar surface area (TPSA) is 64.4 Å². The maximum atomic E-state index is 10.6. The predicted molar refractivity (Wildman–Crippen MR) is 66.3 cm³/mol. The van der Waals surface area contributed by atoms with Crippen molar-refractivity contribution in [3.8, 4) is 11.6 Å². The van der Waals surface area contributed by atoms with Crippen LogP contribution < -0.4 is 4.74 Å². The normalized spacial score (nSPS) is 12.1. The highest BCUT2D eigenvalue weighted by Crippen LogP contribution is 2.15. The van der Waals surface area contributed by atoms with Crippen molar-refractivity contribution >= 4 is 17.6 Å². The quantitative estimate of drug-likeness (QED) is 0.923. The number of ether oxygens (including phenoxy) is 1. The van der Waals surface area contributed by atoms with Crippen LogP contribution in [-0.2, 0) is 4.79 Å². The summed E-state index contributed by atoms with van der Waals surface area (Å²) in [6.07, 6.45) is 0.756. The van der Waals surface area contributed by atoms with Crippen molar-refractivity contribution in [1.29, 1.82) is 0 Å². The van der Waals surface area contributed by atoms with Crippen molar-refractivity contribution < 1.29 is 14.6 Å². The summed E-state index contributed by atoms with van der Waals surface area (Å²) in [5, 5.41) is 13.5. The van der Waals surface area contributed by atoms with E-state index in [9.17, 15) is 4.79 Å². The van der Waals surface area contributed by atoms with Gasteiger partial charge in [0.25, 0.3) is 0 Å². The first-order valence-corrected chi connectivity index (χ1v) is 5.65. The second kappa shape index (κ2) is 5.10. The molecule has 0 fully saturated rings. The second-order valence-corrected chi connectivity index (χ2v) is 4.11. The fourth-order valence-corrected chi connectivity index (χ4v) is 1.47. The van der Waals surface area contributed by atoms with E-state index in [2.05, 4.69) is 5.10 Å². The number of aliphatic carboxylic acids is 1. The van der Waals surface area contributed by atoms with E-state index < -0.39 is 12.1 Å². The Morgan fingerprint density at radius 3 is 2.67 bits per heavy atom. The Kier molecular flexibility index (Phi) is 3.53. The molecule has 1 unspecified atom stereocenters. The largest absolute Gasteiger partial charge is 0.479 e. The Balaban J connectivity index is 2.15. The van der Waals surface area contributed by atoms with Gasteiger partial charge in [0, 0.05) is 17.3 Å². The number of halogens is 1. The number of hydrogen-bond donors (Lipinski definition) is 1. The van der Waals surface area contributed by atoms with E-state index in [1.807, 2.05) is 0 Å². The Labute approximate surface area is 109 Å². The van der Waals surface area contributed by atoms with Crippen LogP contribution >= 0.6 is 11.6 Å². The van der Waals surface area contributed by atoms with E-state index in [-0.39, 0.29) is 5.88 Å². The highest BCUT2D eigenvalue weighted by molar-refractivity contribution is 6.30. The number of benzene rings is 1. The van der Waals surface area contributed by atoms with Gasteiger partial charge in [-0.05, 0) is 31.2 Å². The minimum atomic E-state index is -1.03.